The monoisotopic (exact) mass is 1030 g/mol. The normalized spacial score (nSPS) is 54.5. The van der Waals surface area contributed by atoms with E-state index in [9.17, 15) is 66.4 Å². The van der Waals surface area contributed by atoms with Gasteiger partial charge in [0.2, 0.25) is 0 Å². The number of ether oxygens (including phenoxy) is 9. The predicted molar refractivity (Wildman–Crippen MR) is 244 cm³/mol. The second-order valence-corrected chi connectivity index (χ2v) is 23.1. The van der Waals surface area contributed by atoms with Crippen molar-refractivity contribution in [1.29, 1.82) is 0 Å². The molecule has 9 rings (SSSR count). The summed E-state index contributed by atoms with van der Waals surface area (Å²) < 4.78 is 54.1. The summed E-state index contributed by atoms with van der Waals surface area (Å²) in [6, 6.07) is 0. The molecular weight excluding hydrogens is 953 g/mol. The highest BCUT2D eigenvalue weighted by molar-refractivity contribution is 5.29. The fourth-order valence-electron chi connectivity index (χ4n) is 14.4. The first-order valence-corrected chi connectivity index (χ1v) is 26.0. The highest BCUT2D eigenvalue weighted by Crippen LogP contribution is 2.70. The van der Waals surface area contributed by atoms with E-state index in [1.807, 2.05) is 19.9 Å². The fourth-order valence-corrected chi connectivity index (χ4v) is 14.4. The highest BCUT2D eigenvalue weighted by atomic mass is 16.8. The minimum atomic E-state index is -1.75. The molecule has 29 atom stereocenters. The Kier molecular flexibility index (Phi) is 16.4. The molecule has 3 saturated carbocycles. The second kappa shape index (κ2) is 21.3. The summed E-state index contributed by atoms with van der Waals surface area (Å²) in [5, 5.41) is 138. The Bertz CT molecular complexity index is 1920. The van der Waals surface area contributed by atoms with E-state index in [2.05, 4.69) is 19.9 Å². The number of aliphatic hydroxyl groups excluding tert-OH is 12. The molecule has 0 aromatic carbocycles. The van der Waals surface area contributed by atoms with E-state index in [-0.39, 0.29) is 35.4 Å². The number of aliphatic hydroxyl groups is 13. The molecule has 22 heteroatoms. The summed E-state index contributed by atoms with van der Waals surface area (Å²) in [6.45, 7) is 8.43. The van der Waals surface area contributed by atoms with Gasteiger partial charge in [-0.25, -0.2) is 0 Å². The van der Waals surface area contributed by atoms with Crippen LogP contribution in [-0.4, -0.2) is 227 Å². The van der Waals surface area contributed by atoms with Crippen LogP contribution in [0.3, 0.4) is 0 Å². The maximum Gasteiger partial charge on any atom is 0.187 e. The third kappa shape index (κ3) is 9.78. The van der Waals surface area contributed by atoms with Gasteiger partial charge in [-0.05, 0) is 106 Å². The zero-order valence-electron chi connectivity index (χ0n) is 41.6. The minimum Gasteiger partial charge on any atom is -0.492 e. The predicted octanol–water partition coefficient (Wildman–Crippen LogP) is -2.45. The van der Waals surface area contributed by atoms with Gasteiger partial charge in [0.15, 0.2) is 25.2 Å². The summed E-state index contributed by atoms with van der Waals surface area (Å²) >= 11 is 0. The molecule has 0 amide bonds. The Hall–Kier alpha value is -1.56. The van der Waals surface area contributed by atoms with Crippen LogP contribution >= 0.6 is 0 Å². The van der Waals surface area contributed by atoms with Gasteiger partial charge >= 0.3 is 0 Å². The molecule has 22 nitrogen and oxygen atoms in total. The van der Waals surface area contributed by atoms with Crippen LogP contribution in [-0.2, 0) is 42.6 Å². The first-order valence-electron chi connectivity index (χ1n) is 26.0. The molecule has 5 saturated heterocycles. The molecule has 8 fully saturated rings. The van der Waals surface area contributed by atoms with Crippen molar-refractivity contribution in [2.45, 2.75) is 221 Å². The van der Waals surface area contributed by atoms with Gasteiger partial charge in [-0.2, -0.15) is 0 Å². The van der Waals surface area contributed by atoms with E-state index in [4.69, 9.17) is 42.6 Å². The van der Waals surface area contributed by atoms with Gasteiger partial charge in [0.1, 0.15) is 103 Å². The molecule has 0 aromatic rings. The maximum absolute atomic E-state index is 12.3. The number of hydrogen-bond acceptors (Lipinski definition) is 22. The highest BCUT2D eigenvalue weighted by Gasteiger charge is 2.69. The lowest BCUT2D eigenvalue weighted by atomic mass is 9.46. The zero-order chi connectivity index (χ0) is 51.9. The van der Waals surface area contributed by atoms with E-state index in [1.165, 1.54) is 12.5 Å². The topological polar surface area (TPSA) is 346 Å². The van der Waals surface area contributed by atoms with Gasteiger partial charge in [-0.3, -0.25) is 0 Å². The molecule has 412 valence electrons. The molecular formula is C50H80O22. The van der Waals surface area contributed by atoms with Crippen molar-refractivity contribution in [3.05, 3.63) is 23.5 Å². The van der Waals surface area contributed by atoms with Crippen LogP contribution < -0.4 is 0 Å². The Balaban J connectivity index is 0.857. The third-order valence-electron chi connectivity index (χ3n) is 18.5. The Labute approximate surface area is 419 Å². The van der Waals surface area contributed by atoms with E-state index < -0.39 is 148 Å². The van der Waals surface area contributed by atoms with Crippen molar-refractivity contribution in [3.63, 3.8) is 0 Å². The molecule has 0 spiro atoms. The van der Waals surface area contributed by atoms with Crippen LogP contribution in [0, 0.1) is 40.4 Å². The molecule has 29 unspecified atom stereocenters. The van der Waals surface area contributed by atoms with Crippen molar-refractivity contribution in [2.24, 2.45) is 40.4 Å². The summed E-state index contributed by atoms with van der Waals surface area (Å²) in [4.78, 5) is 0. The molecule has 72 heavy (non-hydrogen) atoms. The molecule has 0 radical (unpaired) electrons. The lowest BCUT2D eigenvalue weighted by molar-refractivity contribution is -0.385. The second-order valence-electron chi connectivity index (χ2n) is 23.1. The van der Waals surface area contributed by atoms with E-state index in [1.54, 1.807) is 0 Å². The average Bonchev–Trinajstić information content (AvgIpc) is 3.81. The van der Waals surface area contributed by atoms with Crippen LogP contribution in [0.2, 0.25) is 0 Å². The van der Waals surface area contributed by atoms with Crippen molar-refractivity contribution in [1.82, 2.24) is 0 Å². The van der Waals surface area contributed by atoms with Crippen LogP contribution in [0.4, 0.5) is 0 Å². The van der Waals surface area contributed by atoms with Gasteiger partial charge in [0, 0.05) is 5.92 Å². The molecule has 9 aliphatic rings. The molecule has 5 heterocycles. The van der Waals surface area contributed by atoms with Crippen LogP contribution in [0.1, 0.15) is 86.0 Å². The molecule has 4 aliphatic carbocycles. The van der Waals surface area contributed by atoms with Crippen molar-refractivity contribution in [3.8, 4) is 0 Å². The SMILES string of the molecule is CC(CC=C1OC2CC3C4CC=C5CC(OC6OC(CO)C(OC7OCC(O)C(O)C7O)C(O)C6OC6OC(C)C(O)C(O)C6O)CCC5(C)C4CCC3(C)C2C1(C)O)COC1OC(CO)C(O)C(O)C1O. The van der Waals surface area contributed by atoms with Gasteiger partial charge < -0.3 is 109 Å². The summed E-state index contributed by atoms with van der Waals surface area (Å²) in [7, 11) is 0. The zero-order valence-corrected chi connectivity index (χ0v) is 41.6. The largest absolute Gasteiger partial charge is 0.492 e. The van der Waals surface area contributed by atoms with Crippen molar-refractivity contribution >= 4 is 0 Å². The van der Waals surface area contributed by atoms with Crippen molar-refractivity contribution in [2.75, 3.05) is 26.4 Å². The van der Waals surface area contributed by atoms with E-state index in [0.717, 1.165) is 32.1 Å². The Morgan fingerprint density at radius 2 is 1.38 bits per heavy atom. The number of fused-ring (bicyclic) bond motifs is 7. The molecule has 0 bridgehead atoms. The van der Waals surface area contributed by atoms with Gasteiger partial charge in [0.25, 0.3) is 0 Å². The number of hydrogen-bond donors (Lipinski definition) is 13. The number of rotatable bonds is 13. The molecule has 0 aromatic heterocycles. The van der Waals surface area contributed by atoms with Crippen molar-refractivity contribution < 1.29 is 109 Å². The minimum absolute atomic E-state index is 0.0972. The Morgan fingerprint density at radius 1 is 0.708 bits per heavy atom. The summed E-state index contributed by atoms with van der Waals surface area (Å²) in [5.74, 6) is 1.30. The Morgan fingerprint density at radius 3 is 2.10 bits per heavy atom. The lowest BCUT2D eigenvalue weighted by Gasteiger charge is -2.58. The summed E-state index contributed by atoms with van der Waals surface area (Å²) in [5.41, 5.74) is -0.336. The molecule has 13 N–H and O–H groups in total. The van der Waals surface area contributed by atoms with Gasteiger partial charge in [-0.15, -0.1) is 0 Å². The lowest BCUT2D eigenvalue weighted by Crippen LogP contribution is -2.66. The van der Waals surface area contributed by atoms with Gasteiger partial charge in [0.05, 0.1) is 38.6 Å². The standard InChI is InChI=1S/C50H80O22/c1-20(18-64-44-38(60)36(58)34(56)29(16-51)69-44)6-9-31-50(5,63)43-28(68-31)15-26-24-8-7-22-14-23(10-12-48(22,3)25(24)11-13-49(26,43)4)67-47-42(72-46-39(61)35(57)32(54)21(2)66-46)40(62)41(30(17-52)70-47)71-45-37(59)33(55)27(53)19-65-45/h7,9,20-21,23-30,32-47,51-63H,6,8,10-19H2,1-5H3. The average molecular weight is 1030 g/mol. The maximum atomic E-state index is 12.3. The van der Waals surface area contributed by atoms with Crippen LogP contribution in [0.15, 0.2) is 23.5 Å². The third-order valence-corrected chi connectivity index (χ3v) is 18.5. The smallest absolute Gasteiger partial charge is 0.187 e. The first-order chi connectivity index (χ1) is 34.0. The van der Waals surface area contributed by atoms with E-state index >= 15 is 0 Å². The van der Waals surface area contributed by atoms with Crippen LogP contribution in [0.25, 0.3) is 0 Å². The molecule has 5 aliphatic heterocycles. The van der Waals surface area contributed by atoms with E-state index in [0.29, 0.717) is 42.8 Å². The van der Waals surface area contributed by atoms with Gasteiger partial charge in [-0.1, -0.05) is 32.4 Å². The summed E-state index contributed by atoms with van der Waals surface area (Å²) in [6.07, 6.45) is -18.3. The first kappa shape index (κ1) is 55.2. The number of allylic oxidation sites excluding steroid dienone is 2. The quantitative estimate of drug-likeness (QED) is 0.0852. The fraction of sp³-hybridized carbons (Fsp3) is 0.920. The van der Waals surface area contributed by atoms with Crippen LogP contribution in [0.5, 0.6) is 0 Å².